The predicted octanol–water partition coefficient (Wildman–Crippen LogP) is -4.45. The molecule has 0 amide bonds. The first-order valence-corrected chi connectivity index (χ1v) is 4.79. The van der Waals surface area contributed by atoms with Crippen LogP contribution in [0.1, 0.15) is 51.4 Å². The summed E-state index contributed by atoms with van der Waals surface area (Å²) in [6.45, 7) is 3.90. The van der Waals surface area contributed by atoms with Crippen LogP contribution in [-0.4, -0.2) is 52.7 Å². The van der Waals surface area contributed by atoms with Gasteiger partial charge in [0.05, 0.1) is 0 Å². The van der Waals surface area contributed by atoms with Crippen molar-refractivity contribution in [3.63, 3.8) is 0 Å². The molecule has 0 atom stereocenters. The Balaban J connectivity index is -0.0000000833. The predicted molar refractivity (Wildman–Crippen MR) is 58.7 cm³/mol. The minimum absolute atomic E-state index is 0. The maximum absolute atomic E-state index is 10.1. The zero-order valence-electron chi connectivity index (χ0n) is 9.65. The Hall–Kier alpha value is 2.07. The average molecular weight is 276 g/mol. The van der Waals surface area contributed by atoms with Gasteiger partial charge in [-0.2, -0.15) is 6.42 Å². The summed E-state index contributed by atoms with van der Waals surface area (Å²) in [7, 11) is 0. The van der Waals surface area contributed by atoms with E-state index in [1.54, 1.807) is 0 Å². The van der Waals surface area contributed by atoms with Crippen molar-refractivity contribution in [3.8, 4) is 0 Å². The molecule has 0 aliphatic rings. The van der Waals surface area contributed by atoms with Gasteiger partial charge < -0.3 is 36.8 Å². The molecule has 0 aromatic rings. The van der Waals surface area contributed by atoms with Crippen molar-refractivity contribution >= 4 is 46.1 Å². The first-order valence-electron chi connectivity index (χ1n) is 4.79. The summed E-state index contributed by atoms with van der Waals surface area (Å²) in [6, 6.07) is 0. The van der Waals surface area contributed by atoms with Crippen LogP contribution >= 0.6 is 0 Å². The number of halogens is 2. The van der Waals surface area contributed by atoms with Crippen LogP contribution in [0.25, 0.3) is 0 Å². The Morgan fingerprint density at radius 3 is 1.33 bits per heavy atom. The van der Waals surface area contributed by atoms with Crippen LogP contribution in [0.2, 0.25) is 0 Å². The Morgan fingerprint density at radius 2 is 1.00 bits per heavy atom. The van der Waals surface area contributed by atoms with E-state index in [1.807, 2.05) is 0 Å². The van der Waals surface area contributed by atoms with E-state index in [4.69, 9.17) is 0 Å². The Kier molecular flexibility index (Phi) is 60.1. The molecule has 0 heterocycles. The molecule has 0 fully saturated rings. The van der Waals surface area contributed by atoms with Crippen molar-refractivity contribution in [2.75, 3.05) is 6.61 Å². The van der Waals surface area contributed by atoms with Gasteiger partial charge in [0.15, 0.2) is 0 Å². The average Bonchev–Trinajstić information content (AvgIpc) is 2.03. The molecule has 1 nitrogen and oxygen atoms in total. The van der Waals surface area contributed by atoms with Gasteiger partial charge in [-0.15, -0.1) is 6.61 Å². The number of hydrogen-bond acceptors (Lipinski definition) is 1. The number of unbranched alkanes of at least 4 members (excludes halogenated alkanes) is 7. The molecule has 0 aromatic heterocycles. The molecule has 0 radical (unpaired) electrons. The van der Waals surface area contributed by atoms with E-state index in [2.05, 4.69) is 6.92 Å². The maximum Gasteiger partial charge on any atom is 2.00 e. The molecular weight excluding hydrogens is 256 g/mol. The molecule has 0 saturated heterocycles. The van der Waals surface area contributed by atoms with Crippen LogP contribution in [0.15, 0.2) is 0 Å². The van der Waals surface area contributed by atoms with Crippen LogP contribution in [0.3, 0.4) is 0 Å². The third kappa shape index (κ3) is 31.4. The van der Waals surface area contributed by atoms with Gasteiger partial charge in [0.1, 0.15) is 0 Å². The van der Waals surface area contributed by atoms with Gasteiger partial charge in [-0.25, -0.2) is 0 Å². The molecule has 5 heteroatoms. The first-order chi connectivity index (χ1) is 5.41. The summed E-state index contributed by atoms with van der Waals surface area (Å²) < 4.78 is 0. The summed E-state index contributed by atoms with van der Waals surface area (Å²) in [6.07, 6.45) is 9.54. The molecule has 0 rings (SSSR count). The quantitative estimate of drug-likeness (QED) is 0.249. The van der Waals surface area contributed by atoms with Crippen LogP contribution in [0.5, 0.6) is 0 Å². The minimum Gasteiger partial charge on any atom is -1.00 e. The van der Waals surface area contributed by atoms with Crippen molar-refractivity contribution in [1.82, 2.24) is 0 Å². The zero-order valence-corrected chi connectivity index (χ0v) is 14.0. The van der Waals surface area contributed by atoms with Crippen molar-refractivity contribution in [3.05, 3.63) is 6.92 Å². The van der Waals surface area contributed by atoms with Gasteiger partial charge in [-0.05, 0) is 0 Å². The SMILES string of the molecule is [CH2-]CCCCCCCCC[O-].[Cl-].[Cl-].[Mg+2].[Mg+2]. The van der Waals surface area contributed by atoms with Gasteiger partial charge in [-0.1, -0.05) is 44.9 Å². The molecule has 0 bridgehead atoms. The van der Waals surface area contributed by atoms with E-state index in [1.165, 1.54) is 32.1 Å². The molecule has 0 aliphatic heterocycles. The van der Waals surface area contributed by atoms with E-state index in [9.17, 15) is 5.11 Å². The van der Waals surface area contributed by atoms with E-state index in [-0.39, 0.29) is 77.5 Å². The maximum atomic E-state index is 10.1. The molecular formula is C10H20Cl2Mg2O. The smallest absolute Gasteiger partial charge is 1.00 e. The standard InChI is InChI=1S/C10H20O.2ClH.2Mg/c1-2-3-4-5-6-7-8-9-10-11;;;;/h1-10H2;2*1H;;/q-2;;;2*+2/p-2. The fraction of sp³-hybridized carbons (Fsp3) is 0.900. The largest absolute Gasteiger partial charge is 2.00 e. The summed E-state index contributed by atoms with van der Waals surface area (Å²) in [5.41, 5.74) is 0. The topological polar surface area (TPSA) is 23.1 Å². The second-order valence-electron chi connectivity index (χ2n) is 3.03. The molecule has 0 spiro atoms. The van der Waals surface area contributed by atoms with Crippen LogP contribution in [0.4, 0.5) is 0 Å². The second kappa shape index (κ2) is 29.8. The summed E-state index contributed by atoms with van der Waals surface area (Å²) in [5.74, 6) is 0. The fourth-order valence-electron chi connectivity index (χ4n) is 1.16. The van der Waals surface area contributed by atoms with Crippen LogP contribution < -0.4 is 29.9 Å². The van der Waals surface area contributed by atoms with Gasteiger partial charge in [0.25, 0.3) is 0 Å². The van der Waals surface area contributed by atoms with Crippen molar-refractivity contribution < 1.29 is 29.9 Å². The van der Waals surface area contributed by atoms with E-state index in [0.29, 0.717) is 0 Å². The molecule has 0 unspecified atom stereocenters. The van der Waals surface area contributed by atoms with E-state index in [0.717, 1.165) is 19.3 Å². The number of hydrogen-bond donors (Lipinski definition) is 0. The zero-order chi connectivity index (χ0) is 8.36. The summed E-state index contributed by atoms with van der Waals surface area (Å²) in [4.78, 5) is 0. The normalized spacial score (nSPS) is 7.60. The monoisotopic (exact) mass is 274 g/mol. The van der Waals surface area contributed by atoms with Gasteiger partial charge in [0, 0.05) is 0 Å². The number of rotatable bonds is 8. The summed E-state index contributed by atoms with van der Waals surface area (Å²) in [5, 5.41) is 10.1. The Labute approximate surface area is 140 Å². The molecule has 0 saturated carbocycles. The minimum atomic E-state index is 0. The van der Waals surface area contributed by atoms with Crippen molar-refractivity contribution in [1.29, 1.82) is 0 Å². The Bertz CT molecular complexity index is 70.4. The third-order valence-corrected chi connectivity index (χ3v) is 1.89. The second-order valence-corrected chi connectivity index (χ2v) is 3.03. The summed E-state index contributed by atoms with van der Waals surface area (Å²) >= 11 is 0. The van der Waals surface area contributed by atoms with Crippen molar-refractivity contribution in [2.45, 2.75) is 51.4 Å². The van der Waals surface area contributed by atoms with E-state index < -0.39 is 0 Å². The van der Waals surface area contributed by atoms with Crippen LogP contribution in [0, 0.1) is 6.92 Å². The van der Waals surface area contributed by atoms with Crippen LogP contribution in [-0.2, 0) is 0 Å². The molecule has 0 aromatic carbocycles. The molecule has 0 aliphatic carbocycles. The van der Waals surface area contributed by atoms with Crippen molar-refractivity contribution in [2.24, 2.45) is 0 Å². The molecule has 84 valence electrons. The first kappa shape index (κ1) is 30.3. The van der Waals surface area contributed by atoms with E-state index >= 15 is 0 Å². The van der Waals surface area contributed by atoms with Gasteiger partial charge >= 0.3 is 46.1 Å². The third-order valence-electron chi connectivity index (χ3n) is 1.89. The molecule has 15 heavy (non-hydrogen) atoms. The molecule has 0 N–H and O–H groups in total. The Morgan fingerprint density at radius 1 is 0.667 bits per heavy atom. The van der Waals surface area contributed by atoms with Gasteiger partial charge in [-0.3, -0.25) is 0 Å². The fourth-order valence-corrected chi connectivity index (χ4v) is 1.16. The van der Waals surface area contributed by atoms with Gasteiger partial charge in [0.2, 0.25) is 0 Å².